The van der Waals surface area contributed by atoms with Crippen LogP contribution < -0.4 is 20.3 Å². The summed E-state index contributed by atoms with van der Waals surface area (Å²) in [5.74, 6) is -0.299. The number of aliphatic hydroxyl groups excluding tert-OH is 1. The molecule has 2 aromatic rings. The van der Waals surface area contributed by atoms with Crippen LogP contribution in [0.4, 0.5) is 5.69 Å². The second-order valence-corrected chi connectivity index (χ2v) is 12.3. The van der Waals surface area contributed by atoms with Crippen molar-refractivity contribution in [2.45, 2.75) is 36.9 Å². The summed E-state index contributed by atoms with van der Waals surface area (Å²) in [6, 6.07) is 13.6. The number of carbonyl (C=O) groups is 1. The number of hydrogen-bond donors (Lipinski definition) is 3. The first-order valence-corrected chi connectivity index (χ1v) is 14.5. The standard InChI is InChI=1S/C27H39N5O5S/c1-20-16-32(14-12-28-20)24-9-6-10-25(27(24)38(35,36)30(2)3)37-19-26(34)29-15-23(33)18-31-13-11-21-7-4-5-8-22(21)17-31/h4-10,20,23,28,33H,11-19H2,1-3H3,(H,29,34)/t20?,23-/m1/s1. The summed E-state index contributed by atoms with van der Waals surface area (Å²) in [4.78, 5) is 16.8. The first-order chi connectivity index (χ1) is 18.1. The van der Waals surface area contributed by atoms with Gasteiger partial charge in [-0.2, -0.15) is 0 Å². The highest BCUT2D eigenvalue weighted by Crippen LogP contribution is 2.36. The zero-order valence-corrected chi connectivity index (χ0v) is 23.2. The highest BCUT2D eigenvalue weighted by atomic mass is 32.2. The normalized spacial score (nSPS) is 19.2. The Morgan fingerprint density at radius 2 is 1.95 bits per heavy atom. The molecule has 0 aliphatic carbocycles. The van der Waals surface area contributed by atoms with Gasteiger partial charge in [-0.3, -0.25) is 9.69 Å². The molecule has 2 heterocycles. The maximum absolute atomic E-state index is 13.3. The molecule has 1 amide bonds. The lowest BCUT2D eigenvalue weighted by atomic mass is 10.00. The van der Waals surface area contributed by atoms with Crippen molar-refractivity contribution < 1.29 is 23.1 Å². The zero-order valence-electron chi connectivity index (χ0n) is 22.4. The summed E-state index contributed by atoms with van der Waals surface area (Å²) in [6.07, 6.45) is 0.208. The number of sulfonamides is 1. The van der Waals surface area contributed by atoms with Crippen LogP contribution in [0.5, 0.6) is 5.75 Å². The van der Waals surface area contributed by atoms with Gasteiger partial charge in [0.2, 0.25) is 10.0 Å². The van der Waals surface area contributed by atoms with Crippen molar-refractivity contribution in [1.82, 2.24) is 19.8 Å². The Bertz CT molecular complexity index is 1220. The van der Waals surface area contributed by atoms with Crippen LogP contribution in [0, 0.1) is 0 Å². The van der Waals surface area contributed by atoms with Crippen molar-refractivity contribution in [1.29, 1.82) is 0 Å². The summed E-state index contributed by atoms with van der Waals surface area (Å²) in [5, 5.41) is 16.6. The third-order valence-electron chi connectivity index (χ3n) is 6.98. The number of β-amino-alcohol motifs (C(OH)–C–C–N with tert-alkyl or cyclic N) is 1. The van der Waals surface area contributed by atoms with E-state index in [9.17, 15) is 18.3 Å². The summed E-state index contributed by atoms with van der Waals surface area (Å²) < 4.78 is 33.5. The number of nitrogens with one attached hydrogen (secondary N) is 2. The Hall–Kier alpha value is -2.70. The molecule has 1 fully saturated rings. The summed E-state index contributed by atoms with van der Waals surface area (Å²) in [7, 11) is -0.892. The molecule has 2 aliphatic heterocycles. The SMILES string of the molecule is CC1CN(c2cccc(OCC(=O)NC[C@@H](O)CN3CCc4ccccc4C3)c2S(=O)(=O)N(C)C)CCN1. The molecule has 3 N–H and O–H groups in total. The van der Waals surface area contributed by atoms with Gasteiger partial charge in [0, 0.05) is 66.0 Å². The molecular weight excluding hydrogens is 506 g/mol. The van der Waals surface area contributed by atoms with Crippen LogP contribution in [-0.4, -0.2) is 101 Å². The minimum Gasteiger partial charge on any atom is -0.482 e. The second-order valence-electron chi connectivity index (χ2n) is 10.2. The van der Waals surface area contributed by atoms with Crippen LogP contribution in [0.2, 0.25) is 0 Å². The molecule has 0 aromatic heterocycles. The molecule has 0 radical (unpaired) electrons. The number of fused-ring (bicyclic) bond motifs is 1. The Balaban J connectivity index is 1.36. The largest absolute Gasteiger partial charge is 0.482 e. The van der Waals surface area contributed by atoms with Crippen molar-refractivity contribution >= 4 is 21.6 Å². The Kier molecular flexibility index (Phi) is 9.27. The van der Waals surface area contributed by atoms with Gasteiger partial charge in [-0.15, -0.1) is 0 Å². The van der Waals surface area contributed by atoms with Crippen LogP contribution in [0.1, 0.15) is 18.1 Å². The van der Waals surface area contributed by atoms with Gasteiger partial charge in [0.15, 0.2) is 6.61 Å². The number of anilines is 1. The fourth-order valence-electron chi connectivity index (χ4n) is 4.96. The predicted molar refractivity (Wildman–Crippen MR) is 147 cm³/mol. The van der Waals surface area contributed by atoms with Gasteiger partial charge >= 0.3 is 0 Å². The minimum absolute atomic E-state index is 0.0531. The van der Waals surface area contributed by atoms with Crippen LogP contribution in [-0.2, 0) is 27.8 Å². The monoisotopic (exact) mass is 545 g/mol. The van der Waals surface area contributed by atoms with E-state index in [4.69, 9.17) is 4.74 Å². The van der Waals surface area contributed by atoms with Gasteiger partial charge in [0.25, 0.3) is 5.91 Å². The molecule has 4 rings (SSSR count). The maximum atomic E-state index is 13.3. The van der Waals surface area contributed by atoms with E-state index in [1.807, 2.05) is 17.0 Å². The van der Waals surface area contributed by atoms with E-state index in [2.05, 4.69) is 34.6 Å². The van der Waals surface area contributed by atoms with Crippen molar-refractivity contribution in [2.24, 2.45) is 0 Å². The highest BCUT2D eigenvalue weighted by molar-refractivity contribution is 7.89. The predicted octanol–water partition coefficient (Wildman–Crippen LogP) is 0.649. The van der Waals surface area contributed by atoms with Gasteiger partial charge in [-0.25, -0.2) is 12.7 Å². The van der Waals surface area contributed by atoms with E-state index < -0.39 is 22.0 Å². The Labute approximate surface area is 225 Å². The first-order valence-electron chi connectivity index (χ1n) is 13.1. The van der Waals surface area contributed by atoms with Crippen molar-refractivity contribution in [3.63, 3.8) is 0 Å². The number of benzene rings is 2. The number of hydrogen-bond acceptors (Lipinski definition) is 8. The van der Waals surface area contributed by atoms with Crippen LogP contribution in [0.25, 0.3) is 0 Å². The summed E-state index contributed by atoms with van der Waals surface area (Å²) in [6.45, 7) is 5.91. The third-order valence-corrected chi connectivity index (χ3v) is 8.87. The number of aliphatic hydroxyl groups is 1. The number of nitrogens with zero attached hydrogens (tertiary/aromatic N) is 3. The molecule has 1 saturated heterocycles. The topological polar surface area (TPSA) is 114 Å². The molecule has 2 aromatic carbocycles. The molecule has 2 atom stereocenters. The number of piperazine rings is 1. The number of rotatable bonds is 10. The summed E-state index contributed by atoms with van der Waals surface area (Å²) >= 11 is 0. The lowest BCUT2D eigenvalue weighted by Crippen LogP contribution is -2.49. The van der Waals surface area contributed by atoms with Gasteiger partial charge in [-0.1, -0.05) is 30.3 Å². The Morgan fingerprint density at radius 1 is 1.18 bits per heavy atom. The van der Waals surface area contributed by atoms with E-state index in [0.29, 0.717) is 25.3 Å². The molecule has 0 saturated carbocycles. The average Bonchev–Trinajstić information content (AvgIpc) is 2.90. The third kappa shape index (κ3) is 6.83. The average molecular weight is 546 g/mol. The molecule has 0 spiro atoms. The second kappa shape index (κ2) is 12.4. The van der Waals surface area contributed by atoms with Crippen LogP contribution >= 0.6 is 0 Å². The quantitative estimate of drug-likeness (QED) is 0.399. The fourth-order valence-corrected chi connectivity index (χ4v) is 6.17. The Morgan fingerprint density at radius 3 is 2.68 bits per heavy atom. The maximum Gasteiger partial charge on any atom is 0.258 e. The lowest BCUT2D eigenvalue weighted by molar-refractivity contribution is -0.123. The van der Waals surface area contributed by atoms with Gasteiger partial charge in [0.05, 0.1) is 11.8 Å². The van der Waals surface area contributed by atoms with Gasteiger partial charge < -0.3 is 25.4 Å². The van der Waals surface area contributed by atoms with Crippen LogP contribution in [0.15, 0.2) is 47.4 Å². The van der Waals surface area contributed by atoms with E-state index in [1.54, 1.807) is 18.2 Å². The number of ether oxygens (including phenoxy) is 1. The minimum atomic E-state index is -3.85. The van der Waals surface area contributed by atoms with E-state index in [1.165, 1.54) is 25.2 Å². The van der Waals surface area contributed by atoms with Crippen molar-refractivity contribution in [2.75, 3.05) is 64.9 Å². The molecule has 1 unspecified atom stereocenters. The summed E-state index contributed by atoms with van der Waals surface area (Å²) in [5.41, 5.74) is 3.17. The molecule has 38 heavy (non-hydrogen) atoms. The highest BCUT2D eigenvalue weighted by Gasteiger charge is 2.30. The lowest BCUT2D eigenvalue weighted by Gasteiger charge is -2.35. The molecule has 208 valence electrons. The fraction of sp³-hybridized carbons (Fsp3) is 0.519. The first kappa shape index (κ1) is 28.3. The zero-order chi connectivity index (χ0) is 27.3. The smallest absolute Gasteiger partial charge is 0.258 e. The molecule has 11 heteroatoms. The van der Waals surface area contributed by atoms with Gasteiger partial charge in [-0.05, 0) is 36.6 Å². The molecule has 0 bridgehead atoms. The molecular formula is C27H39N5O5S. The molecule has 10 nitrogen and oxygen atoms in total. The number of amides is 1. The number of carbonyl (C=O) groups excluding carboxylic acids is 1. The van der Waals surface area contributed by atoms with Crippen molar-refractivity contribution in [3.8, 4) is 5.75 Å². The molecule has 2 aliphatic rings. The van der Waals surface area contributed by atoms with Gasteiger partial charge in [0.1, 0.15) is 10.6 Å². The van der Waals surface area contributed by atoms with Crippen LogP contribution in [0.3, 0.4) is 0 Å². The van der Waals surface area contributed by atoms with E-state index in [0.717, 1.165) is 30.4 Å². The van der Waals surface area contributed by atoms with E-state index in [-0.39, 0.29) is 29.8 Å². The van der Waals surface area contributed by atoms with E-state index >= 15 is 0 Å². The van der Waals surface area contributed by atoms with Crippen molar-refractivity contribution in [3.05, 3.63) is 53.6 Å².